The lowest BCUT2D eigenvalue weighted by molar-refractivity contribution is -0.162. The molecule has 3 rings (SSSR count). The summed E-state index contributed by atoms with van der Waals surface area (Å²) < 4.78 is 5.86. The first-order valence-corrected chi connectivity index (χ1v) is 10.1. The van der Waals surface area contributed by atoms with Crippen LogP contribution in [0.4, 0.5) is 0 Å². The highest BCUT2D eigenvalue weighted by Crippen LogP contribution is 2.45. The lowest BCUT2D eigenvalue weighted by Gasteiger charge is -2.34. The molecule has 0 aromatic heterocycles. The van der Waals surface area contributed by atoms with Gasteiger partial charge in [0.1, 0.15) is 5.60 Å². The molecule has 1 aliphatic carbocycles. The Morgan fingerprint density at radius 2 is 1.88 bits per heavy atom. The zero-order chi connectivity index (χ0) is 18.8. The maximum absolute atomic E-state index is 13.3. The fourth-order valence-electron chi connectivity index (χ4n) is 4.18. The topological polar surface area (TPSA) is 41.6 Å². The Morgan fingerprint density at radius 1 is 1.23 bits per heavy atom. The Bertz CT molecular complexity index is 642. The van der Waals surface area contributed by atoms with Gasteiger partial charge in [-0.3, -0.25) is 9.69 Å². The van der Waals surface area contributed by atoms with Crippen LogP contribution in [0.25, 0.3) is 0 Å². The van der Waals surface area contributed by atoms with E-state index >= 15 is 0 Å². The minimum absolute atomic E-state index is 0.0914. The molecule has 26 heavy (non-hydrogen) atoms. The number of esters is 1. The van der Waals surface area contributed by atoms with Crippen LogP contribution < -0.4 is 5.32 Å². The lowest BCUT2D eigenvalue weighted by Crippen LogP contribution is -2.44. The summed E-state index contributed by atoms with van der Waals surface area (Å²) in [6, 6.07) is 6.05. The number of piperazine rings is 1. The first-order valence-electron chi connectivity index (χ1n) is 9.76. The summed E-state index contributed by atoms with van der Waals surface area (Å²) >= 11 is 6.36. The monoisotopic (exact) mass is 378 g/mol. The minimum atomic E-state index is -0.554. The number of hydrogen-bond donors (Lipinski definition) is 1. The van der Waals surface area contributed by atoms with Gasteiger partial charge >= 0.3 is 5.97 Å². The second-order valence-electron chi connectivity index (χ2n) is 8.62. The van der Waals surface area contributed by atoms with Crippen molar-refractivity contribution in [2.24, 2.45) is 0 Å². The summed E-state index contributed by atoms with van der Waals surface area (Å²) in [7, 11) is 0. The summed E-state index contributed by atoms with van der Waals surface area (Å²) in [5.74, 6) is -0.0914. The van der Waals surface area contributed by atoms with Crippen LogP contribution in [0.5, 0.6) is 0 Å². The Morgan fingerprint density at radius 3 is 2.50 bits per heavy atom. The summed E-state index contributed by atoms with van der Waals surface area (Å²) in [6.07, 6.45) is 3.80. The van der Waals surface area contributed by atoms with Gasteiger partial charge in [-0.05, 0) is 56.9 Å². The Kier molecular flexibility index (Phi) is 5.95. The van der Waals surface area contributed by atoms with Gasteiger partial charge in [0, 0.05) is 37.7 Å². The van der Waals surface area contributed by atoms with E-state index in [1.54, 1.807) is 0 Å². The van der Waals surface area contributed by atoms with Crippen molar-refractivity contribution in [1.29, 1.82) is 0 Å². The molecule has 0 amide bonds. The first-order chi connectivity index (χ1) is 12.3. The summed E-state index contributed by atoms with van der Waals surface area (Å²) in [5.41, 5.74) is 1.25. The number of carbonyl (C=O) groups excluding carboxylic acids is 1. The Balaban J connectivity index is 1.95. The smallest absolute Gasteiger partial charge is 0.317 e. The fourth-order valence-corrected chi connectivity index (χ4v) is 4.35. The predicted octanol–water partition coefficient (Wildman–Crippen LogP) is 3.90. The van der Waals surface area contributed by atoms with Gasteiger partial charge in [-0.1, -0.05) is 30.5 Å². The number of halogens is 1. The molecule has 2 aliphatic rings. The highest BCUT2D eigenvalue weighted by Gasteiger charge is 2.46. The van der Waals surface area contributed by atoms with Crippen LogP contribution in [-0.4, -0.2) is 42.6 Å². The van der Waals surface area contributed by atoms with E-state index in [2.05, 4.69) is 16.3 Å². The molecule has 4 nitrogen and oxygen atoms in total. The van der Waals surface area contributed by atoms with Gasteiger partial charge in [-0.25, -0.2) is 0 Å². The average molecular weight is 379 g/mol. The molecule has 0 unspecified atom stereocenters. The van der Waals surface area contributed by atoms with Crippen LogP contribution in [0.15, 0.2) is 18.2 Å². The molecule has 1 aromatic rings. The molecule has 1 saturated heterocycles. The van der Waals surface area contributed by atoms with Crippen molar-refractivity contribution in [3.63, 3.8) is 0 Å². The van der Waals surface area contributed by atoms with Crippen LogP contribution in [-0.2, 0) is 21.5 Å². The van der Waals surface area contributed by atoms with Crippen molar-refractivity contribution in [3.05, 3.63) is 34.3 Å². The number of benzene rings is 1. The first kappa shape index (κ1) is 19.7. The maximum atomic E-state index is 13.3. The van der Waals surface area contributed by atoms with E-state index in [0.29, 0.717) is 5.02 Å². The molecule has 5 heteroatoms. The van der Waals surface area contributed by atoms with Gasteiger partial charge < -0.3 is 10.1 Å². The summed E-state index contributed by atoms with van der Waals surface area (Å²) in [4.78, 5) is 15.7. The Hall–Kier alpha value is -1.10. The van der Waals surface area contributed by atoms with E-state index in [-0.39, 0.29) is 5.97 Å². The van der Waals surface area contributed by atoms with Crippen molar-refractivity contribution < 1.29 is 9.53 Å². The normalized spacial score (nSPS) is 20.9. The average Bonchev–Trinajstić information content (AvgIpc) is 3.07. The highest BCUT2D eigenvalue weighted by atomic mass is 35.5. The predicted molar refractivity (Wildman–Crippen MR) is 106 cm³/mol. The van der Waals surface area contributed by atoms with Gasteiger partial charge in [0.25, 0.3) is 0 Å². The maximum Gasteiger partial charge on any atom is 0.317 e. The van der Waals surface area contributed by atoms with Crippen molar-refractivity contribution in [3.8, 4) is 0 Å². The van der Waals surface area contributed by atoms with E-state index in [1.807, 2.05) is 32.9 Å². The van der Waals surface area contributed by atoms with E-state index in [9.17, 15) is 4.79 Å². The van der Waals surface area contributed by atoms with Crippen molar-refractivity contribution in [1.82, 2.24) is 10.2 Å². The minimum Gasteiger partial charge on any atom is -0.459 e. The van der Waals surface area contributed by atoms with Crippen LogP contribution in [0.2, 0.25) is 5.02 Å². The molecule has 0 atom stereocenters. The molecule has 0 bridgehead atoms. The molecule has 2 fully saturated rings. The molecule has 0 radical (unpaired) electrons. The second-order valence-corrected chi connectivity index (χ2v) is 9.06. The SMILES string of the molecule is CC(C)(C)OC(=O)C1(c2cc(Cl)ccc2CN2CCNCC2)CCCC1. The van der Waals surface area contributed by atoms with Gasteiger partial charge in [0.2, 0.25) is 0 Å². The third-order valence-corrected chi connectivity index (χ3v) is 5.67. The van der Waals surface area contributed by atoms with Gasteiger partial charge in [-0.2, -0.15) is 0 Å². The molecular formula is C21H31ClN2O2. The third-order valence-electron chi connectivity index (χ3n) is 5.44. The van der Waals surface area contributed by atoms with E-state index in [0.717, 1.165) is 64.0 Å². The molecule has 144 valence electrons. The lowest BCUT2D eigenvalue weighted by atomic mass is 9.76. The Labute approximate surface area is 162 Å². The van der Waals surface area contributed by atoms with Gasteiger partial charge in [0.15, 0.2) is 0 Å². The number of hydrogen-bond acceptors (Lipinski definition) is 4. The van der Waals surface area contributed by atoms with E-state index < -0.39 is 11.0 Å². The summed E-state index contributed by atoms with van der Waals surface area (Å²) in [5, 5.41) is 4.09. The second kappa shape index (κ2) is 7.87. The van der Waals surface area contributed by atoms with Crippen LogP contribution in [0, 0.1) is 0 Å². The van der Waals surface area contributed by atoms with E-state index in [1.165, 1.54) is 5.56 Å². The number of nitrogens with zero attached hydrogens (tertiary/aromatic N) is 1. The zero-order valence-corrected chi connectivity index (χ0v) is 17.0. The van der Waals surface area contributed by atoms with Gasteiger partial charge in [0.05, 0.1) is 5.41 Å². The molecule has 1 saturated carbocycles. The van der Waals surface area contributed by atoms with Crippen LogP contribution in [0.3, 0.4) is 0 Å². The third kappa shape index (κ3) is 4.41. The van der Waals surface area contributed by atoms with Crippen molar-refractivity contribution >= 4 is 17.6 Å². The molecule has 1 heterocycles. The number of nitrogens with one attached hydrogen (secondary N) is 1. The molecule has 1 aromatic carbocycles. The number of ether oxygens (including phenoxy) is 1. The van der Waals surface area contributed by atoms with Gasteiger partial charge in [-0.15, -0.1) is 0 Å². The molecule has 1 N–H and O–H groups in total. The van der Waals surface area contributed by atoms with Crippen molar-refractivity contribution in [2.45, 2.75) is 64.0 Å². The summed E-state index contributed by atoms with van der Waals surface area (Å²) in [6.45, 7) is 10.8. The molecule has 0 spiro atoms. The number of carbonyl (C=O) groups is 1. The zero-order valence-electron chi connectivity index (χ0n) is 16.2. The van der Waals surface area contributed by atoms with Crippen LogP contribution >= 0.6 is 11.6 Å². The molecule has 1 aliphatic heterocycles. The fraction of sp³-hybridized carbons (Fsp3) is 0.667. The number of rotatable bonds is 4. The quantitative estimate of drug-likeness (QED) is 0.807. The largest absolute Gasteiger partial charge is 0.459 e. The van der Waals surface area contributed by atoms with Crippen LogP contribution in [0.1, 0.15) is 57.6 Å². The van der Waals surface area contributed by atoms with E-state index in [4.69, 9.17) is 16.3 Å². The van der Waals surface area contributed by atoms with Crippen molar-refractivity contribution in [2.75, 3.05) is 26.2 Å². The standard InChI is InChI=1S/C21H31ClN2O2/c1-20(2,3)26-19(25)21(8-4-5-9-21)18-14-17(22)7-6-16(18)15-24-12-10-23-11-13-24/h6-7,14,23H,4-5,8-13,15H2,1-3H3. The molecular weight excluding hydrogens is 348 g/mol. The highest BCUT2D eigenvalue weighted by molar-refractivity contribution is 6.30.